The minimum Gasteiger partial charge on any atom is -0.493 e. The molecule has 5 nitrogen and oxygen atoms in total. The molecule has 3 aromatic rings. The first kappa shape index (κ1) is 20.4. The molecule has 0 aromatic heterocycles. The molecule has 5 heteroatoms. The van der Waals surface area contributed by atoms with Gasteiger partial charge in [-0.1, -0.05) is 54.1 Å². The maximum Gasteiger partial charge on any atom is 0.335 e. The smallest absolute Gasteiger partial charge is 0.335 e. The van der Waals surface area contributed by atoms with Crippen LogP contribution < -0.4 is 14.8 Å². The van der Waals surface area contributed by atoms with Gasteiger partial charge in [0.25, 0.3) is 0 Å². The number of aryl methyl sites for hydroxylation is 1. The third-order valence-corrected chi connectivity index (χ3v) is 4.63. The molecule has 0 unspecified atom stereocenters. The van der Waals surface area contributed by atoms with Crippen molar-refractivity contribution in [3.8, 4) is 11.5 Å². The lowest BCUT2D eigenvalue weighted by atomic mass is 10.1. The monoisotopic (exact) mass is 391 g/mol. The first-order valence-electron chi connectivity index (χ1n) is 9.44. The Morgan fingerprint density at radius 3 is 2.28 bits per heavy atom. The highest BCUT2D eigenvalue weighted by molar-refractivity contribution is 5.87. The quantitative estimate of drug-likeness (QED) is 0.559. The summed E-state index contributed by atoms with van der Waals surface area (Å²) in [6.45, 7) is 3.74. The van der Waals surface area contributed by atoms with Crippen molar-refractivity contribution < 1.29 is 19.4 Å². The first-order valence-corrected chi connectivity index (χ1v) is 9.44. The van der Waals surface area contributed by atoms with Crippen LogP contribution in [0.5, 0.6) is 11.5 Å². The molecule has 0 aliphatic rings. The highest BCUT2D eigenvalue weighted by Gasteiger charge is 2.11. The van der Waals surface area contributed by atoms with Crippen molar-refractivity contribution in [1.82, 2.24) is 5.32 Å². The van der Waals surface area contributed by atoms with Crippen LogP contribution in [-0.4, -0.2) is 18.2 Å². The van der Waals surface area contributed by atoms with E-state index in [9.17, 15) is 4.79 Å². The number of hydrogen-bond donors (Lipinski definition) is 2. The van der Waals surface area contributed by atoms with Crippen LogP contribution >= 0.6 is 0 Å². The van der Waals surface area contributed by atoms with E-state index in [0.29, 0.717) is 25.4 Å². The maximum absolute atomic E-state index is 10.9. The Morgan fingerprint density at radius 1 is 0.931 bits per heavy atom. The van der Waals surface area contributed by atoms with Gasteiger partial charge in [0.05, 0.1) is 12.7 Å². The Kier molecular flexibility index (Phi) is 6.87. The van der Waals surface area contributed by atoms with Gasteiger partial charge >= 0.3 is 5.97 Å². The van der Waals surface area contributed by atoms with E-state index in [1.807, 2.05) is 30.3 Å². The van der Waals surface area contributed by atoms with Gasteiger partial charge in [0.1, 0.15) is 6.61 Å². The SMILES string of the molecule is COc1cccc(CNCc2ccc(C(=O)O)cc2)c1OCc1ccc(C)cc1. The highest BCUT2D eigenvalue weighted by Crippen LogP contribution is 2.32. The molecular formula is C24H25NO4. The zero-order valence-electron chi connectivity index (χ0n) is 16.6. The summed E-state index contributed by atoms with van der Waals surface area (Å²) in [6, 6.07) is 20.9. The summed E-state index contributed by atoms with van der Waals surface area (Å²) in [4.78, 5) is 10.9. The number of hydrogen-bond acceptors (Lipinski definition) is 4. The van der Waals surface area contributed by atoms with Crippen molar-refractivity contribution in [2.75, 3.05) is 7.11 Å². The van der Waals surface area contributed by atoms with Crippen LogP contribution in [-0.2, 0) is 19.7 Å². The number of aromatic carboxylic acids is 1. The summed E-state index contributed by atoms with van der Waals surface area (Å²) in [6.07, 6.45) is 0. The van der Waals surface area contributed by atoms with E-state index in [1.165, 1.54) is 5.56 Å². The third kappa shape index (κ3) is 5.59. The number of benzene rings is 3. The fraction of sp³-hybridized carbons (Fsp3) is 0.208. The number of rotatable bonds is 9. The zero-order valence-corrected chi connectivity index (χ0v) is 16.6. The Morgan fingerprint density at radius 2 is 1.62 bits per heavy atom. The van der Waals surface area contributed by atoms with Gasteiger partial charge in [-0.3, -0.25) is 0 Å². The van der Waals surface area contributed by atoms with Crippen LogP contribution in [0.15, 0.2) is 66.7 Å². The second-order valence-corrected chi connectivity index (χ2v) is 6.83. The van der Waals surface area contributed by atoms with Crippen LogP contribution in [0.4, 0.5) is 0 Å². The Bertz CT molecular complexity index is 950. The van der Waals surface area contributed by atoms with Crippen LogP contribution in [0.1, 0.15) is 32.6 Å². The standard InChI is InChI=1S/C24H25NO4/c1-17-6-8-19(9-7-17)16-29-23-21(4-3-5-22(23)28-2)15-25-14-18-10-12-20(13-11-18)24(26)27/h3-13,25H,14-16H2,1-2H3,(H,26,27). The molecule has 0 aliphatic heterocycles. The number of carboxylic acids is 1. The molecule has 29 heavy (non-hydrogen) atoms. The predicted octanol–water partition coefficient (Wildman–Crippen LogP) is 4.57. The van der Waals surface area contributed by atoms with Crippen LogP contribution in [0, 0.1) is 6.92 Å². The minimum absolute atomic E-state index is 0.285. The van der Waals surface area contributed by atoms with Crippen molar-refractivity contribution in [2.45, 2.75) is 26.6 Å². The topological polar surface area (TPSA) is 67.8 Å². The van der Waals surface area contributed by atoms with E-state index in [1.54, 1.807) is 19.2 Å². The van der Waals surface area contributed by atoms with Gasteiger partial charge in [-0.15, -0.1) is 0 Å². The largest absolute Gasteiger partial charge is 0.493 e. The van der Waals surface area contributed by atoms with Crippen molar-refractivity contribution in [1.29, 1.82) is 0 Å². The Balaban J connectivity index is 1.65. The van der Waals surface area contributed by atoms with Gasteiger partial charge in [0.15, 0.2) is 11.5 Å². The molecule has 0 radical (unpaired) electrons. The van der Waals surface area contributed by atoms with Gasteiger partial charge in [-0.2, -0.15) is 0 Å². The molecule has 0 bridgehead atoms. The van der Waals surface area contributed by atoms with E-state index < -0.39 is 5.97 Å². The van der Waals surface area contributed by atoms with E-state index in [0.717, 1.165) is 22.4 Å². The normalized spacial score (nSPS) is 10.6. The molecule has 0 amide bonds. The molecule has 0 heterocycles. The fourth-order valence-corrected chi connectivity index (χ4v) is 2.97. The molecule has 0 spiro atoms. The molecule has 0 saturated carbocycles. The van der Waals surface area contributed by atoms with E-state index in [2.05, 4.69) is 36.5 Å². The fourth-order valence-electron chi connectivity index (χ4n) is 2.97. The molecule has 0 aliphatic carbocycles. The maximum atomic E-state index is 10.9. The summed E-state index contributed by atoms with van der Waals surface area (Å²) in [7, 11) is 1.63. The minimum atomic E-state index is -0.920. The van der Waals surface area contributed by atoms with Crippen LogP contribution in [0.25, 0.3) is 0 Å². The lowest BCUT2D eigenvalue weighted by molar-refractivity contribution is 0.0697. The zero-order chi connectivity index (χ0) is 20.6. The van der Waals surface area contributed by atoms with E-state index in [-0.39, 0.29) is 5.56 Å². The second kappa shape index (κ2) is 9.75. The van der Waals surface area contributed by atoms with Crippen LogP contribution in [0.3, 0.4) is 0 Å². The number of carboxylic acid groups (broad SMARTS) is 1. The lowest BCUT2D eigenvalue weighted by Gasteiger charge is -2.16. The number of ether oxygens (including phenoxy) is 2. The van der Waals surface area contributed by atoms with Gasteiger partial charge < -0.3 is 19.9 Å². The van der Waals surface area contributed by atoms with E-state index >= 15 is 0 Å². The molecule has 0 atom stereocenters. The average molecular weight is 391 g/mol. The Labute approximate surface area is 170 Å². The second-order valence-electron chi connectivity index (χ2n) is 6.83. The molecule has 2 N–H and O–H groups in total. The van der Waals surface area contributed by atoms with Crippen LogP contribution in [0.2, 0.25) is 0 Å². The molecule has 0 fully saturated rings. The average Bonchev–Trinajstić information content (AvgIpc) is 2.74. The number of nitrogens with one attached hydrogen (secondary N) is 1. The summed E-state index contributed by atoms with van der Waals surface area (Å²) in [5.74, 6) is 0.503. The number of carbonyl (C=O) groups is 1. The molecule has 3 rings (SSSR count). The summed E-state index contributed by atoms with van der Waals surface area (Å²) < 4.78 is 11.6. The third-order valence-electron chi connectivity index (χ3n) is 4.63. The van der Waals surface area contributed by atoms with Crippen molar-refractivity contribution in [3.63, 3.8) is 0 Å². The number of para-hydroxylation sites is 1. The first-order chi connectivity index (χ1) is 14.1. The highest BCUT2D eigenvalue weighted by atomic mass is 16.5. The molecule has 150 valence electrons. The van der Waals surface area contributed by atoms with Crippen molar-refractivity contribution in [3.05, 3.63) is 94.5 Å². The van der Waals surface area contributed by atoms with Gasteiger partial charge in [-0.25, -0.2) is 4.79 Å². The lowest BCUT2D eigenvalue weighted by Crippen LogP contribution is -2.14. The summed E-state index contributed by atoms with van der Waals surface area (Å²) >= 11 is 0. The molecular weight excluding hydrogens is 366 g/mol. The molecule has 0 saturated heterocycles. The van der Waals surface area contributed by atoms with Gasteiger partial charge in [-0.05, 0) is 36.2 Å². The van der Waals surface area contributed by atoms with Crippen molar-refractivity contribution >= 4 is 5.97 Å². The summed E-state index contributed by atoms with van der Waals surface area (Å²) in [5, 5.41) is 12.4. The Hall–Kier alpha value is -3.31. The number of methoxy groups -OCH3 is 1. The summed E-state index contributed by atoms with van der Waals surface area (Å²) in [5.41, 5.74) is 4.61. The van der Waals surface area contributed by atoms with E-state index in [4.69, 9.17) is 14.6 Å². The molecule has 3 aromatic carbocycles. The van der Waals surface area contributed by atoms with Crippen molar-refractivity contribution in [2.24, 2.45) is 0 Å². The van der Waals surface area contributed by atoms with Gasteiger partial charge in [0, 0.05) is 18.7 Å². The predicted molar refractivity (Wildman–Crippen MR) is 112 cm³/mol. The van der Waals surface area contributed by atoms with Gasteiger partial charge in [0.2, 0.25) is 0 Å².